The SMILES string of the molecule is CN=S(C)(=O)c1ccccc1CCC(=O)NC(Cc1coc2ccccc12)B1OC2CC3CC(C3(C)C)C2(C)O1. The second kappa shape index (κ2) is 10.0. The number of nitrogens with one attached hydrogen (secondary N) is 1. The summed E-state index contributed by atoms with van der Waals surface area (Å²) in [5.74, 6) is 0.602. The number of benzene rings is 2. The molecular formula is C31H39BN2O5S. The van der Waals surface area contributed by atoms with Gasteiger partial charge in [0.25, 0.3) is 0 Å². The molecule has 1 aromatic heterocycles. The Hall–Kier alpha value is -2.62. The number of fused-ring (bicyclic) bond motifs is 1. The fourth-order valence-electron chi connectivity index (χ4n) is 7.42. The Kier molecular flexibility index (Phi) is 6.91. The first-order valence-corrected chi connectivity index (χ1v) is 16.2. The number of carbonyl (C=O) groups is 1. The number of aryl methyl sites for hydroxylation is 1. The first kappa shape index (κ1) is 27.5. The smallest absolute Gasteiger partial charge is 0.464 e. The van der Waals surface area contributed by atoms with E-state index in [2.05, 4.69) is 30.5 Å². The topological polar surface area (TPSA) is 90.1 Å². The van der Waals surface area contributed by atoms with Crippen LogP contribution in [0.2, 0.25) is 0 Å². The van der Waals surface area contributed by atoms with E-state index in [-0.39, 0.29) is 35.4 Å². The van der Waals surface area contributed by atoms with E-state index < -0.39 is 16.8 Å². The van der Waals surface area contributed by atoms with Gasteiger partial charge in [-0.25, -0.2) is 8.57 Å². The second-order valence-electron chi connectivity index (χ2n) is 12.6. The molecule has 2 aromatic carbocycles. The Balaban J connectivity index is 1.23. The first-order valence-electron chi connectivity index (χ1n) is 14.3. The van der Waals surface area contributed by atoms with Crippen LogP contribution in [0.3, 0.4) is 0 Å². The molecule has 0 spiro atoms. The molecule has 9 heteroatoms. The van der Waals surface area contributed by atoms with Crippen molar-refractivity contribution in [2.75, 3.05) is 13.3 Å². The highest BCUT2D eigenvalue weighted by molar-refractivity contribution is 7.93. The van der Waals surface area contributed by atoms with Crippen LogP contribution in [0.1, 0.15) is 51.2 Å². The molecule has 4 aliphatic rings. The van der Waals surface area contributed by atoms with Crippen LogP contribution < -0.4 is 5.32 Å². The summed E-state index contributed by atoms with van der Waals surface area (Å²) >= 11 is 0. The number of rotatable bonds is 8. The molecule has 3 aromatic rings. The summed E-state index contributed by atoms with van der Waals surface area (Å²) in [6.45, 7) is 6.89. The predicted octanol–water partition coefficient (Wildman–Crippen LogP) is 5.45. The summed E-state index contributed by atoms with van der Waals surface area (Å²) < 4.78 is 36.3. The molecule has 6 unspecified atom stereocenters. The lowest BCUT2D eigenvalue weighted by molar-refractivity contribution is -0.199. The molecule has 6 atom stereocenters. The maximum absolute atomic E-state index is 13.4. The number of hydrogen-bond donors (Lipinski definition) is 1. The normalized spacial score (nSPS) is 28.8. The number of amides is 1. The zero-order valence-electron chi connectivity index (χ0n) is 24.0. The molecule has 1 N–H and O–H groups in total. The monoisotopic (exact) mass is 562 g/mol. The van der Waals surface area contributed by atoms with Crippen molar-refractivity contribution >= 4 is 33.7 Å². The molecule has 40 heavy (non-hydrogen) atoms. The number of carbonyl (C=O) groups excluding carboxylic acids is 1. The maximum atomic E-state index is 13.4. The van der Waals surface area contributed by atoms with Crippen molar-refractivity contribution in [2.24, 2.45) is 21.6 Å². The molecule has 4 fully saturated rings. The standard InChI is InChI=1S/C31H39BN2O5S/c1-30(2)22-17-26(30)31(3)27(18-22)38-32(39-31)28(16-21-19-37-24-12-8-7-11-23(21)24)34-29(35)15-14-20-10-6-9-13-25(20)40(5,36)33-4/h6-13,19,22,26-28H,14-18H2,1-5H3,(H,34,35). The molecule has 2 bridgehead atoms. The molecule has 7 nitrogen and oxygen atoms in total. The molecule has 0 radical (unpaired) electrons. The van der Waals surface area contributed by atoms with E-state index >= 15 is 0 Å². The molecule has 2 heterocycles. The fraction of sp³-hybridized carbons (Fsp3) is 0.516. The summed E-state index contributed by atoms with van der Waals surface area (Å²) in [6, 6.07) is 15.5. The Morgan fingerprint density at radius 1 is 1.12 bits per heavy atom. The van der Waals surface area contributed by atoms with Crippen molar-refractivity contribution in [2.45, 2.75) is 75.4 Å². The molecule has 1 saturated heterocycles. The van der Waals surface area contributed by atoms with Gasteiger partial charge in [0.15, 0.2) is 0 Å². The third kappa shape index (κ3) is 4.60. The number of hydrogen-bond acceptors (Lipinski definition) is 6. The van der Waals surface area contributed by atoms with Crippen molar-refractivity contribution in [3.05, 3.63) is 65.9 Å². The van der Waals surface area contributed by atoms with Crippen LogP contribution in [-0.2, 0) is 36.7 Å². The van der Waals surface area contributed by atoms with E-state index in [0.717, 1.165) is 28.5 Å². The van der Waals surface area contributed by atoms with Crippen molar-refractivity contribution in [1.29, 1.82) is 0 Å². The van der Waals surface area contributed by atoms with Gasteiger partial charge in [-0.1, -0.05) is 50.2 Å². The molecular weight excluding hydrogens is 523 g/mol. The summed E-state index contributed by atoms with van der Waals surface area (Å²) in [5.41, 5.74) is 2.58. The molecule has 1 amide bonds. The lowest BCUT2D eigenvalue weighted by Crippen LogP contribution is -2.65. The Bertz CT molecular complexity index is 1560. The maximum Gasteiger partial charge on any atom is 0.482 e. The highest BCUT2D eigenvalue weighted by Crippen LogP contribution is 2.65. The van der Waals surface area contributed by atoms with Gasteiger partial charge < -0.3 is 19.0 Å². The van der Waals surface area contributed by atoms with E-state index in [1.165, 1.54) is 6.42 Å². The number of nitrogens with zero attached hydrogens (tertiary/aromatic N) is 1. The zero-order chi connectivity index (χ0) is 28.3. The molecule has 3 aliphatic carbocycles. The van der Waals surface area contributed by atoms with Crippen LogP contribution in [0.5, 0.6) is 0 Å². The minimum Gasteiger partial charge on any atom is -0.464 e. The summed E-state index contributed by atoms with van der Waals surface area (Å²) in [6.07, 6.45) is 6.84. The van der Waals surface area contributed by atoms with Crippen LogP contribution in [0.25, 0.3) is 11.0 Å². The number of furan rings is 1. The zero-order valence-corrected chi connectivity index (χ0v) is 24.8. The first-order chi connectivity index (χ1) is 19.0. The molecule has 3 saturated carbocycles. The van der Waals surface area contributed by atoms with Gasteiger partial charge in [-0.05, 0) is 73.1 Å². The van der Waals surface area contributed by atoms with Gasteiger partial charge in [0, 0.05) is 25.1 Å². The predicted molar refractivity (Wildman–Crippen MR) is 157 cm³/mol. The average molecular weight is 563 g/mol. The van der Waals surface area contributed by atoms with Crippen molar-refractivity contribution in [3.8, 4) is 0 Å². The highest BCUT2D eigenvalue weighted by Gasteiger charge is 2.68. The highest BCUT2D eigenvalue weighted by atomic mass is 32.2. The van der Waals surface area contributed by atoms with Crippen LogP contribution in [0.4, 0.5) is 0 Å². The van der Waals surface area contributed by atoms with Crippen LogP contribution in [0.15, 0.2) is 68.5 Å². The number of para-hydroxylation sites is 1. The molecule has 212 valence electrons. The Morgan fingerprint density at radius 3 is 2.65 bits per heavy atom. The van der Waals surface area contributed by atoms with Gasteiger partial charge in [-0.2, -0.15) is 0 Å². The van der Waals surface area contributed by atoms with Gasteiger partial charge in [0.1, 0.15) is 5.58 Å². The molecule has 7 rings (SSSR count). The van der Waals surface area contributed by atoms with Gasteiger partial charge >= 0.3 is 7.12 Å². The summed E-state index contributed by atoms with van der Waals surface area (Å²) in [4.78, 5) is 14.1. The average Bonchev–Trinajstić information content (AvgIpc) is 3.52. The third-order valence-corrected chi connectivity index (χ3v) is 11.9. The minimum absolute atomic E-state index is 0.0251. The van der Waals surface area contributed by atoms with Gasteiger partial charge in [-0.3, -0.25) is 4.79 Å². The van der Waals surface area contributed by atoms with E-state index in [4.69, 9.17) is 13.7 Å². The van der Waals surface area contributed by atoms with Gasteiger partial charge in [-0.15, -0.1) is 0 Å². The lowest BCUT2D eigenvalue weighted by Gasteiger charge is -2.64. The van der Waals surface area contributed by atoms with Crippen LogP contribution >= 0.6 is 0 Å². The largest absolute Gasteiger partial charge is 0.482 e. The lowest BCUT2D eigenvalue weighted by atomic mass is 9.43. The van der Waals surface area contributed by atoms with E-state index in [0.29, 0.717) is 29.6 Å². The molecule has 1 aliphatic heterocycles. The van der Waals surface area contributed by atoms with Gasteiger partial charge in [0.05, 0.1) is 38.5 Å². The Labute approximate surface area is 237 Å². The Morgan fingerprint density at radius 2 is 1.88 bits per heavy atom. The van der Waals surface area contributed by atoms with E-state index in [9.17, 15) is 9.00 Å². The van der Waals surface area contributed by atoms with E-state index in [1.807, 2.05) is 48.5 Å². The van der Waals surface area contributed by atoms with Crippen molar-refractivity contribution < 1.29 is 22.7 Å². The quantitative estimate of drug-likeness (QED) is 0.369. The van der Waals surface area contributed by atoms with Crippen molar-refractivity contribution in [3.63, 3.8) is 0 Å². The third-order valence-electron chi connectivity index (χ3n) is 10.00. The van der Waals surface area contributed by atoms with Gasteiger partial charge in [0.2, 0.25) is 5.91 Å². The fourth-order valence-corrected chi connectivity index (χ4v) is 8.60. The van der Waals surface area contributed by atoms with Crippen molar-refractivity contribution in [1.82, 2.24) is 5.32 Å². The summed E-state index contributed by atoms with van der Waals surface area (Å²) in [5, 5.41) is 4.28. The van der Waals surface area contributed by atoms with Crippen LogP contribution in [0, 0.1) is 17.3 Å². The second-order valence-corrected chi connectivity index (χ2v) is 15.0. The summed E-state index contributed by atoms with van der Waals surface area (Å²) in [7, 11) is -1.49. The minimum atomic E-state index is -2.51. The van der Waals surface area contributed by atoms with E-state index in [1.54, 1.807) is 19.6 Å². The van der Waals surface area contributed by atoms with Crippen LogP contribution in [-0.4, -0.2) is 48.2 Å².